The van der Waals surface area contributed by atoms with Gasteiger partial charge in [0, 0.05) is 24.7 Å². The van der Waals surface area contributed by atoms with Gasteiger partial charge >= 0.3 is 6.18 Å². The highest BCUT2D eigenvalue weighted by atomic mass is 19.4. The number of hydrogen-bond acceptors (Lipinski definition) is 3. The van der Waals surface area contributed by atoms with Crippen LogP contribution in [0, 0.1) is 10.1 Å². The van der Waals surface area contributed by atoms with E-state index in [0.29, 0.717) is 5.56 Å². The Morgan fingerprint density at radius 2 is 2.11 bits per heavy atom. The second-order valence-electron chi connectivity index (χ2n) is 4.03. The summed E-state index contributed by atoms with van der Waals surface area (Å²) in [7, 11) is 0. The number of halogens is 3. The molecule has 7 heteroatoms. The third-order valence-electron chi connectivity index (χ3n) is 2.31. The molecule has 1 rings (SSSR count). The number of hydrogen-bond donors (Lipinski definition) is 1. The fraction of sp³-hybridized carbons (Fsp3) is 0.455. The summed E-state index contributed by atoms with van der Waals surface area (Å²) in [5.41, 5.74) is 0.510. The predicted molar refractivity (Wildman–Crippen MR) is 60.1 cm³/mol. The van der Waals surface area contributed by atoms with E-state index >= 15 is 0 Å². The van der Waals surface area contributed by atoms with Crippen molar-refractivity contribution in [2.75, 3.05) is 0 Å². The summed E-state index contributed by atoms with van der Waals surface area (Å²) in [6, 6.07) is 5.07. The molecule has 0 saturated heterocycles. The second-order valence-corrected chi connectivity index (χ2v) is 4.03. The van der Waals surface area contributed by atoms with Crippen LogP contribution in [0.15, 0.2) is 24.3 Å². The molecule has 0 spiro atoms. The summed E-state index contributed by atoms with van der Waals surface area (Å²) in [4.78, 5) is 9.98. The lowest BCUT2D eigenvalue weighted by Gasteiger charge is -2.15. The lowest BCUT2D eigenvalue weighted by Crippen LogP contribution is -2.30. The van der Waals surface area contributed by atoms with Crippen LogP contribution in [0.1, 0.15) is 18.9 Å². The first-order chi connectivity index (χ1) is 8.28. The van der Waals surface area contributed by atoms with Gasteiger partial charge in [-0.3, -0.25) is 10.1 Å². The molecule has 0 bridgehead atoms. The van der Waals surface area contributed by atoms with E-state index in [1.165, 1.54) is 25.1 Å². The van der Waals surface area contributed by atoms with Crippen molar-refractivity contribution in [1.82, 2.24) is 5.32 Å². The predicted octanol–water partition coefficient (Wildman–Crippen LogP) is 3.03. The quantitative estimate of drug-likeness (QED) is 0.655. The van der Waals surface area contributed by atoms with Crippen molar-refractivity contribution in [2.45, 2.75) is 32.1 Å². The molecule has 1 unspecified atom stereocenters. The maximum absolute atomic E-state index is 12.1. The number of nitrogens with zero attached hydrogens (tertiary/aromatic N) is 1. The minimum Gasteiger partial charge on any atom is -0.310 e. The largest absolute Gasteiger partial charge is 0.390 e. The van der Waals surface area contributed by atoms with Gasteiger partial charge in [-0.05, 0) is 12.5 Å². The van der Waals surface area contributed by atoms with Gasteiger partial charge in [-0.1, -0.05) is 12.1 Å². The zero-order chi connectivity index (χ0) is 13.8. The van der Waals surface area contributed by atoms with Crippen molar-refractivity contribution < 1.29 is 18.1 Å². The van der Waals surface area contributed by atoms with Gasteiger partial charge in [0.25, 0.3) is 5.69 Å². The molecule has 0 aliphatic carbocycles. The third-order valence-corrected chi connectivity index (χ3v) is 2.31. The molecule has 4 nitrogen and oxygen atoms in total. The summed E-state index contributed by atoms with van der Waals surface area (Å²) >= 11 is 0. The number of nitrogens with one attached hydrogen (secondary N) is 1. The van der Waals surface area contributed by atoms with Crippen molar-refractivity contribution in [3.05, 3.63) is 39.9 Å². The van der Waals surface area contributed by atoms with Crippen LogP contribution in [0.4, 0.5) is 18.9 Å². The van der Waals surface area contributed by atoms with Crippen LogP contribution in [0.3, 0.4) is 0 Å². The molecule has 1 N–H and O–H groups in total. The Morgan fingerprint density at radius 3 is 2.67 bits per heavy atom. The van der Waals surface area contributed by atoms with E-state index < -0.39 is 23.6 Å². The molecule has 0 saturated carbocycles. The van der Waals surface area contributed by atoms with Crippen molar-refractivity contribution in [3.8, 4) is 0 Å². The highest BCUT2D eigenvalue weighted by Gasteiger charge is 2.29. The summed E-state index contributed by atoms with van der Waals surface area (Å²) < 4.78 is 36.2. The van der Waals surface area contributed by atoms with Crippen molar-refractivity contribution in [3.63, 3.8) is 0 Å². The van der Waals surface area contributed by atoms with Gasteiger partial charge < -0.3 is 5.32 Å². The number of non-ortho nitro benzene ring substituents is 1. The van der Waals surface area contributed by atoms with Crippen LogP contribution in [-0.2, 0) is 6.54 Å². The summed E-state index contributed by atoms with van der Waals surface area (Å²) in [6.07, 6.45) is -5.14. The van der Waals surface area contributed by atoms with Crippen LogP contribution >= 0.6 is 0 Å². The van der Waals surface area contributed by atoms with E-state index in [0.717, 1.165) is 0 Å². The monoisotopic (exact) mass is 262 g/mol. The Hall–Kier alpha value is -1.63. The average molecular weight is 262 g/mol. The zero-order valence-electron chi connectivity index (χ0n) is 9.70. The van der Waals surface area contributed by atoms with Crippen LogP contribution in [0.5, 0.6) is 0 Å². The third kappa shape index (κ3) is 5.13. The molecule has 0 aliphatic heterocycles. The minimum atomic E-state index is -4.21. The summed E-state index contributed by atoms with van der Waals surface area (Å²) in [5.74, 6) is 0. The molecule has 0 heterocycles. The van der Waals surface area contributed by atoms with Gasteiger partial charge in [0.05, 0.1) is 11.3 Å². The molecule has 18 heavy (non-hydrogen) atoms. The Kier molecular flexibility index (Phi) is 4.66. The van der Waals surface area contributed by atoms with E-state index in [4.69, 9.17) is 0 Å². The first kappa shape index (κ1) is 14.4. The molecule has 1 aromatic rings. The van der Waals surface area contributed by atoms with E-state index in [1.807, 2.05) is 0 Å². The standard InChI is InChI=1S/C11H13F3N2O2/c1-8(6-11(12,13)14)15-7-9-3-2-4-10(5-9)16(17)18/h2-5,8,15H,6-7H2,1H3. The normalized spacial score (nSPS) is 13.3. The van der Waals surface area contributed by atoms with Gasteiger partial charge in [0.2, 0.25) is 0 Å². The van der Waals surface area contributed by atoms with Crippen LogP contribution in [0.25, 0.3) is 0 Å². The lowest BCUT2D eigenvalue weighted by molar-refractivity contribution is -0.384. The topological polar surface area (TPSA) is 55.2 Å². The molecule has 1 atom stereocenters. The Bertz CT molecular complexity index is 421. The number of alkyl halides is 3. The molecule has 1 aromatic carbocycles. The number of nitro groups is 1. The van der Waals surface area contributed by atoms with Gasteiger partial charge in [0.15, 0.2) is 0 Å². The maximum Gasteiger partial charge on any atom is 0.390 e. The number of rotatable bonds is 5. The molecule has 0 aromatic heterocycles. The van der Waals surface area contributed by atoms with Gasteiger partial charge in [0.1, 0.15) is 0 Å². The average Bonchev–Trinajstić information content (AvgIpc) is 2.24. The Labute approximate surface area is 102 Å². The Balaban J connectivity index is 2.53. The van der Waals surface area contributed by atoms with Crippen LogP contribution < -0.4 is 5.32 Å². The Morgan fingerprint density at radius 1 is 1.44 bits per heavy atom. The SMILES string of the molecule is CC(CC(F)(F)F)NCc1cccc([N+](=O)[O-])c1. The molecule has 0 radical (unpaired) electrons. The fourth-order valence-corrected chi connectivity index (χ4v) is 1.49. The minimum absolute atomic E-state index is 0.0715. The summed E-state index contributed by atoms with van der Waals surface area (Å²) in [5, 5.41) is 13.2. The number of nitro benzene ring substituents is 1. The fourth-order valence-electron chi connectivity index (χ4n) is 1.49. The number of benzene rings is 1. The molecular weight excluding hydrogens is 249 g/mol. The van der Waals surface area contributed by atoms with Gasteiger partial charge in [-0.2, -0.15) is 13.2 Å². The van der Waals surface area contributed by atoms with Gasteiger partial charge in [-0.15, -0.1) is 0 Å². The summed E-state index contributed by atoms with van der Waals surface area (Å²) in [6.45, 7) is 1.59. The van der Waals surface area contributed by atoms with E-state index in [2.05, 4.69) is 5.32 Å². The van der Waals surface area contributed by atoms with Crippen molar-refractivity contribution >= 4 is 5.69 Å². The van der Waals surface area contributed by atoms with E-state index in [-0.39, 0.29) is 12.2 Å². The van der Waals surface area contributed by atoms with Crippen LogP contribution in [-0.4, -0.2) is 17.1 Å². The maximum atomic E-state index is 12.1. The first-order valence-corrected chi connectivity index (χ1v) is 5.31. The first-order valence-electron chi connectivity index (χ1n) is 5.31. The molecule has 100 valence electrons. The van der Waals surface area contributed by atoms with Gasteiger partial charge in [-0.25, -0.2) is 0 Å². The lowest BCUT2D eigenvalue weighted by atomic mass is 10.1. The van der Waals surface area contributed by atoms with Crippen LogP contribution in [0.2, 0.25) is 0 Å². The van der Waals surface area contributed by atoms with Crippen molar-refractivity contribution in [1.29, 1.82) is 0 Å². The highest BCUT2D eigenvalue weighted by molar-refractivity contribution is 5.34. The smallest absolute Gasteiger partial charge is 0.310 e. The molecule has 0 fully saturated rings. The highest BCUT2D eigenvalue weighted by Crippen LogP contribution is 2.21. The van der Waals surface area contributed by atoms with E-state index in [9.17, 15) is 23.3 Å². The van der Waals surface area contributed by atoms with Crippen molar-refractivity contribution in [2.24, 2.45) is 0 Å². The molecular formula is C11H13F3N2O2. The zero-order valence-corrected chi connectivity index (χ0v) is 9.70. The molecule has 0 aliphatic rings. The van der Waals surface area contributed by atoms with E-state index in [1.54, 1.807) is 6.07 Å². The second kappa shape index (κ2) is 5.81. The molecule has 0 amide bonds.